The van der Waals surface area contributed by atoms with E-state index in [4.69, 9.17) is 16.0 Å². The van der Waals surface area contributed by atoms with Crippen LogP contribution >= 0.6 is 11.6 Å². The van der Waals surface area contributed by atoms with Crippen LogP contribution in [0.4, 0.5) is 0 Å². The Bertz CT molecular complexity index is 881. The van der Waals surface area contributed by atoms with Gasteiger partial charge in [-0.2, -0.15) is 0 Å². The monoisotopic (exact) mass is 382 g/mol. The van der Waals surface area contributed by atoms with Crippen LogP contribution < -0.4 is 0 Å². The number of rotatable bonds is 5. The highest BCUT2D eigenvalue weighted by atomic mass is 35.5. The van der Waals surface area contributed by atoms with Crippen LogP contribution in [0.25, 0.3) is 11.5 Å². The summed E-state index contributed by atoms with van der Waals surface area (Å²) < 4.78 is 5.65. The van der Waals surface area contributed by atoms with Gasteiger partial charge in [-0.05, 0) is 42.6 Å². The summed E-state index contributed by atoms with van der Waals surface area (Å²) in [5.74, 6) is 1.23. The van der Waals surface area contributed by atoms with Gasteiger partial charge < -0.3 is 9.52 Å². The number of aliphatic hydroxyl groups excluding tert-OH is 1. The molecular weight excluding hydrogens is 360 g/mol. The zero-order chi connectivity index (χ0) is 18.6. The van der Waals surface area contributed by atoms with Crippen molar-refractivity contribution in [3.63, 3.8) is 0 Å². The van der Waals surface area contributed by atoms with Gasteiger partial charge >= 0.3 is 0 Å². The first-order valence-electron chi connectivity index (χ1n) is 9.31. The number of nitrogens with zero attached hydrogens (tertiary/aromatic N) is 2. The molecule has 1 saturated heterocycles. The highest BCUT2D eigenvalue weighted by Crippen LogP contribution is 2.33. The molecule has 0 radical (unpaired) electrons. The third-order valence-electron chi connectivity index (χ3n) is 5.29. The van der Waals surface area contributed by atoms with E-state index in [0.29, 0.717) is 16.8 Å². The Morgan fingerprint density at radius 3 is 2.78 bits per heavy atom. The Morgan fingerprint density at radius 1 is 1.15 bits per heavy atom. The maximum Gasteiger partial charge on any atom is 0.226 e. The molecule has 1 fully saturated rings. The number of aromatic nitrogens is 1. The predicted molar refractivity (Wildman–Crippen MR) is 107 cm³/mol. The number of hydrogen-bond donors (Lipinski definition) is 1. The molecule has 1 N–H and O–H groups in total. The Balaban J connectivity index is 1.42. The van der Waals surface area contributed by atoms with Crippen molar-refractivity contribution in [2.24, 2.45) is 5.92 Å². The second-order valence-electron chi connectivity index (χ2n) is 7.14. The van der Waals surface area contributed by atoms with Crippen molar-refractivity contribution < 1.29 is 9.52 Å². The lowest BCUT2D eigenvalue weighted by Gasteiger charge is -2.37. The summed E-state index contributed by atoms with van der Waals surface area (Å²) in [6.07, 6.45) is 2.75. The van der Waals surface area contributed by atoms with Crippen LogP contribution in [-0.2, 0) is 6.54 Å². The molecule has 2 heterocycles. The molecule has 2 aromatic carbocycles. The van der Waals surface area contributed by atoms with Gasteiger partial charge in [0.25, 0.3) is 0 Å². The highest BCUT2D eigenvalue weighted by molar-refractivity contribution is 6.30. The molecule has 0 unspecified atom stereocenters. The van der Waals surface area contributed by atoms with Crippen molar-refractivity contribution in [2.45, 2.75) is 18.9 Å². The molecule has 0 bridgehead atoms. The van der Waals surface area contributed by atoms with Gasteiger partial charge in [0.05, 0.1) is 5.69 Å². The average molecular weight is 383 g/mol. The van der Waals surface area contributed by atoms with Crippen molar-refractivity contribution in [1.82, 2.24) is 9.88 Å². The second-order valence-corrected chi connectivity index (χ2v) is 7.57. The van der Waals surface area contributed by atoms with E-state index in [1.54, 1.807) is 6.26 Å². The molecule has 0 amide bonds. The van der Waals surface area contributed by atoms with Gasteiger partial charge in [0.2, 0.25) is 5.89 Å². The fraction of sp³-hybridized carbons (Fsp3) is 0.318. The van der Waals surface area contributed by atoms with Gasteiger partial charge in [-0.1, -0.05) is 48.0 Å². The standard InChI is InChI=1S/C22H23ClN2O2/c23-19-8-4-7-17(11-19)22-24-20(15-27-22)13-25-10-9-21(18(12-25)14-26)16-5-2-1-3-6-16/h1-8,11,15,18,21,26H,9-10,12-14H2/t18-,21+/m1/s1. The molecule has 1 aliphatic rings. The topological polar surface area (TPSA) is 49.5 Å². The van der Waals surface area contributed by atoms with Gasteiger partial charge in [0.1, 0.15) is 6.26 Å². The zero-order valence-corrected chi connectivity index (χ0v) is 15.8. The maximum absolute atomic E-state index is 9.91. The van der Waals surface area contributed by atoms with E-state index >= 15 is 0 Å². The lowest BCUT2D eigenvalue weighted by Crippen LogP contribution is -2.40. The molecule has 1 aliphatic heterocycles. The van der Waals surface area contributed by atoms with E-state index in [-0.39, 0.29) is 12.5 Å². The summed E-state index contributed by atoms with van der Waals surface area (Å²) >= 11 is 6.05. The number of piperidine rings is 1. The van der Waals surface area contributed by atoms with E-state index in [9.17, 15) is 5.11 Å². The van der Waals surface area contributed by atoms with Gasteiger partial charge in [-0.25, -0.2) is 4.98 Å². The van der Waals surface area contributed by atoms with Crippen LogP contribution in [0.1, 0.15) is 23.6 Å². The van der Waals surface area contributed by atoms with Crippen molar-refractivity contribution in [3.05, 3.63) is 77.1 Å². The van der Waals surface area contributed by atoms with Crippen LogP contribution in [0.3, 0.4) is 0 Å². The third kappa shape index (κ3) is 4.24. The fourth-order valence-electron chi connectivity index (χ4n) is 3.94. The largest absolute Gasteiger partial charge is 0.444 e. The van der Waals surface area contributed by atoms with E-state index in [1.165, 1.54) is 5.56 Å². The minimum Gasteiger partial charge on any atom is -0.444 e. The lowest BCUT2D eigenvalue weighted by molar-refractivity contribution is 0.0964. The number of benzene rings is 2. The van der Waals surface area contributed by atoms with Crippen LogP contribution in [0.2, 0.25) is 5.02 Å². The molecule has 0 aliphatic carbocycles. The summed E-state index contributed by atoms with van der Waals surface area (Å²) in [4.78, 5) is 6.96. The highest BCUT2D eigenvalue weighted by Gasteiger charge is 2.30. The number of aliphatic hydroxyl groups is 1. The van der Waals surface area contributed by atoms with Crippen LogP contribution in [-0.4, -0.2) is 34.7 Å². The normalized spacial score (nSPS) is 20.7. The van der Waals surface area contributed by atoms with Crippen molar-refractivity contribution in [2.75, 3.05) is 19.7 Å². The molecular formula is C22H23ClN2O2. The Hall–Kier alpha value is -2.14. The minimum absolute atomic E-state index is 0.197. The van der Waals surface area contributed by atoms with Gasteiger partial charge in [0, 0.05) is 36.2 Å². The van der Waals surface area contributed by atoms with Gasteiger partial charge in [0.15, 0.2) is 0 Å². The number of hydrogen-bond acceptors (Lipinski definition) is 4. The zero-order valence-electron chi connectivity index (χ0n) is 15.1. The fourth-order valence-corrected chi connectivity index (χ4v) is 4.13. The molecule has 4 nitrogen and oxygen atoms in total. The Morgan fingerprint density at radius 2 is 2.00 bits per heavy atom. The molecule has 1 aromatic heterocycles. The van der Waals surface area contributed by atoms with Crippen molar-refractivity contribution in [3.8, 4) is 11.5 Å². The lowest BCUT2D eigenvalue weighted by atomic mass is 9.81. The molecule has 0 spiro atoms. The molecule has 0 saturated carbocycles. The smallest absolute Gasteiger partial charge is 0.226 e. The van der Waals surface area contributed by atoms with Crippen LogP contribution in [0.5, 0.6) is 0 Å². The van der Waals surface area contributed by atoms with Crippen LogP contribution in [0, 0.1) is 5.92 Å². The van der Waals surface area contributed by atoms with Gasteiger partial charge in [-0.3, -0.25) is 4.90 Å². The molecule has 4 rings (SSSR count). The quantitative estimate of drug-likeness (QED) is 0.701. The molecule has 140 valence electrons. The van der Waals surface area contributed by atoms with E-state index in [2.05, 4.69) is 34.1 Å². The predicted octanol–water partition coefficient (Wildman–Crippen LogP) is 4.59. The molecule has 2 atom stereocenters. The van der Waals surface area contributed by atoms with Crippen LogP contribution in [0.15, 0.2) is 65.3 Å². The van der Waals surface area contributed by atoms with E-state index in [1.807, 2.05) is 30.3 Å². The summed E-state index contributed by atoms with van der Waals surface area (Å²) in [7, 11) is 0. The summed E-state index contributed by atoms with van der Waals surface area (Å²) in [5, 5.41) is 10.6. The third-order valence-corrected chi connectivity index (χ3v) is 5.52. The number of halogens is 1. The summed E-state index contributed by atoms with van der Waals surface area (Å²) in [6, 6.07) is 18.0. The minimum atomic E-state index is 0.197. The second kappa shape index (κ2) is 8.26. The number of likely N-dealkylation sites (tertiary alicyclic amines) is 1. The first kappa shape index (κ1) is 18.2. The maximum atomic E-state index is 9.91. The van der Waals surface area contributed by atoms with Crippen molar-refractivity contribution >= 4 is 11.6 Å². The first-order chi connectivity index (χ1) is 13.2. The molecule has 27 heavy (non-hydrogen) atoms. The summed E-state index contributed by atoms with van der Waals surface area (Å²) in [6.45, 7) is 2.76. The number of oxazole rings is 1. The van der Waals surface area contributed by atoms with Gasteiger partial charge in [-0.15, -0.1) is 0 Å². The van der Waals surface area contributed by atoms with Crippen molar-refractivity contribution in [1.29, 1.82) is 0 Å². The SMILES string of the molecule is OC[C@H]1CN(Cc2coc(-c3cccc(Cl)c3)n2)CC[C@H]1c1ccccc1. The first-order valence-corrected chi connectivity index (χ1v) is 9.69. The summed E-state index contributed by atoms with van der Waals surface area (Å²) in [5.41, 5.74) is 3.10. The Kier molecular flexibility index (Phi) is 5.58. The average Bonchev–Trinajstić information content (AvgIpc) is 3.17. The van der Waals surface area contributed by atoms with E-state index < -0.39 is 0 Å². The van der Waals surface area contributed by atoms with E-state index in [0.717, 1.165) is 37.3 Å². The Labute approximate surface area is 164 Å². The molecule has 3 aromatic rings. The molecule has 5 heteroatoms.